The third kappa shape index (κ3) is 5.52. The Bertz CT molecular complexity index is 1230. The Morgan fingerprint density at radius 1 is 1.10 bits per heavy atom. The average Bonchev–Trinajstić information content (AvgIpc) is 3.34. The van der Waals surface area contributed by atoms with Crippen LogP contribution in [0, 0.1) is 0 Å². The molecule has 0 unspecified atom stereocenters. The van der Waals surface area contributed by atoms with Crippen molar-refractivity contribution in [2.24, 2.45) is 5.10 Å². The standard InChI is InChI=1S/C23H18N4O3S/c28-22(20-13-19(25-23(29)26-20)21-7-4-12-31-21)27-24-14-16-8-10-18(11-9-16)30-15-17-5-2-1-3-6-17/h1-14H,15H2,(H,27,28)(H,25,26,29)/b24-14+. The van der Waals surface area contributed by atoms with Crippen molar-refractivity contribution in [3.05, 3.63) is 105 Å². The van der Waals surface area contributed by atoms with Gasteiger partial charge in [0.1, 0.15) is 18.1 Å². The second-order valence-corrected chi connectivity index (χ2v) is 7.45. The third-order valence-corrected chi connectivity index (χ3v) is 5.18. The lowest BCUT2D eigenvalue weighted by Crippen LogP contribution is -2.24. The van der Waals surface area contributed by atoms with E-state index in [0.717, 1.165) is 21.8 Å². The Morgan fingerprint density at radius 3 is 2.65 bits per heavy atom. The predicted molar refractivity (Wildman–Crippen MR) is 120 cm³/mol. The van der Waals surface area contributed by atoms with Gasteiger partial charge in [-0.1, -0.05) is 36.4 Å². The summed E-state index contributed by atoms with van der Waals surface area (Å²) >= 11 is 1.45. The lowest BCUT2D eigenvalue weighted by molar-refractivity contribution is 0.0949. The number of hydrogen-bond acceptors (Lipinski definition) is 6. The first-order valence-electron chi connectivity index (χ1n) is 9.43. The Balaban J connectivity index is 1.35. The number of carbonyl (C=O) groups excluding carboxylic acids is 1. The molecule has 2 N–H and O–H groups in total. The molecule has 0 atom stereocenters. The molecule has 0 radical (unpaired) electrons. The molecule has 0 saturated carbocycles. The minimum absolute atomic E-state index is 0.00559. The molecule has 0 spiro atoms. The molecule has 1 amide bonds. The van der Waals surface area contributed by atoms with Crippen molar-refractivity contribution in [2.75, 3.05) is 0 Å². The summed E-state index contributed by atoms with van der Waals surface area (Å²) in [5.41, 5.74) is 4.21. The third-order valence-electron chi connectivity index (χ3n) is 4.27. The normalized spacial score (nSPS) is 10.8. The van der Waals surface area contributed by atoms with E-state index in [0.29, 0.717) is 12.3 Å². The molecule has 31 heavy (non-hydrogen) atoms. The molecule has 4 rings (SSSR count). The second kappa shape index (κ2) is 9.64. The highest BCUT2D eigenvalue weighted by Crippen LogP contribution is 2.21. The molecule has 2 aromatic carbocycles. The van der Waals surface area contributed by atoms with Gasteiger partial charge in [0.25, 0.3) is 5.91 Å². The van der Waals surface area contributed by atoms with Crippen molar-refractivity contribution >= 4 is 23.5 Å². The van der Waals surface area contributed by atoms with Crippen molar-refractivity contribution in [2.45, 2.75) is 6.61 Å². The number of thiophene rings is 1. The molecule has 0 bridgehead atoms. The number of ether oxygens (including phenoxy) is 1. The number of nitrogens with one attached hydrogen (secondary N) is 2. The number of aromatic nitrogens is 2. The van der Waals surface area contributed by atoms with E-state index in [2.05, 4.69) is 20.5 Å². The fraction of sp³-hybridized carbons (Fsp3) is 0.0435. The van der Waals surface area contributed by atoms with E-state index in [1.807, 2.05) is 72.1 Å². The van der Waals surface area contributed by atoms with E-state index in [9.17, 15) is 9.59 Å². The van der Waals surface area contributed by atoms with Crippen molar-refractivity contribution in [3.8, 4) is 16.3 Å². The maximum absolute atomic E-state index is 12.3. The summed E-state index contributed by atoms with van der Waals surface area (Å²) in [7, 11) is 0. The van der Waals surface area contributed by atoms with Crippen LogP contribution in [0.15, 0.2) is 88.1 Å². The summed E-state index contributed by atoms with van der Waals surface area (Å²) in [6, 6.07) is 22.5. The number of hydrogen-bond donors (Lipinski definition) is 2. The minimum atomic E-state index is -0.592. The van der Waals surface area contributed by atoms with Crippen LogP contribution >= 0.6 is 11.3 Å². The highest BCUT2D eigenvalue weighted by molar-refractivity contribution is 7.13. The van der Waals surface area contributed by atoms with Crippen molar-refractivity contribution < 1.29 is 9.53 Å². The number of carbonyl (C=O) groups is 1. The fourth-order valence-corrected chi connectivity index (χ4v) is 3.45. The zero-order chi connectivity index (χ0) is 21.5. The smallest absolute Gasteiger partial charge is 0.346 e. The largest absolute Gasteiger partial charge is 0.489 e. The van der Waals surface area contributed by atoms with Gasteiger partial charge in [-0.3, -0.25) is 4.79 Å². The quantitative estimate of drug-likeness (QED) is 0.344. The van der Waals surface area contributed by atoms with Crippen LogP contribution in [-0.2, 0) is 6.61 Å². The molecule has 0 aliphatic carbocycles. The number of H-pyrrole nitrogens is 1. The number of hydrazone groups is 1. The van der Waals surface area contributed by atoms with Crippen LogP contribution in [-0.4, -0.2) is 22.1 Å². The summed E-state index contributed by atoms with van der Waals surface area (Å²) in [6.45, 7) is 0.487. The second-order valence-electron chi connectivity index (χ2n) is 6.50. The van der Waals surface area contributed by atoms with Gasteiger partial charge in [0.2, 0.25) is 0 Å². The molecule has 0 fully saturated rings. The van der Waals surface area contributed by atoms with Gasteiger partial charge in [0.05, 0.1) is 16.8 Å². The number of aromatic amines is 1. The average molecular weight is 430 g/mol. The summed E-state index contributed by atoms with van der Waals surface area (Å²) in [4.78, 5) is 31.3. The SMILES string of the molecule is O=C(N/N=C/c1ccc(OCc2ccccc2)cc1)c1cc(-c2cccs2)[nH]c(=O)n1. The highest BCUT2D eigenvalue weighted by Gasteiger charge is 2.11. The van der Waals surface area contributed by atoms with Gasteiger partial charge in [0.15, 0.2) is 0 Å². The van der Waals surface area contributed by atoms with Gasteiger partial charge in [-0.25, -0.2) is 10.2 Å². The molecular weight excluding hydrogens is 412 g/mol. The van der Waals surface area contributed by atoms with Crippen LogP contribution in [0.3, 0.4) is 0 Å². The summed E-state index contributed by atoms with van der Waals surface area (Å²) in [6.07, 6.45) is 1.51. The Kier molecular flexibility index (Phi) is 6.29. The Labute approximate surface area is 182 Å². The maximum Gasteiger partial charge on any atom is 0.346 e. The Morgan fingerprint density at radius 2 is 1.90 bits per heavy atom. The number of rotatable bonds is 7. The summed E-state index contributed by atoms with van der Waals surface area (Å²) < 4.78 is 5.75. The van der Waals surface area contributed by atoms with Gasteiger partial charge < -0.3 is 9.72 Å². The fourth-order valence-electron chi connectivity index (χ4n) is 2.75. The first-order valence-corrected chi connectivity index (χ1v) is 10.3. The van der Waals surface area contributed by atoms with Crippen LogP contribution in [0.5, 0.6) is 5.75 Å². The molecule has 154 valence electrons. The van der Waals surface area contributed by atoms with E-state index in [1.54, 1.807) is 0 Å². The molecule has 4 aromatic rings. The van der Waals surface area contributed by atoms with E-state index in [-0.39, 0.29) is 5.69 Å². The maximum atomic E-state index is 12.3. The molecule has 0 saturated heterocycles. The number of nitrogens with zero attached hydrogens (tertiary/aromatic N) is 2. The lowest BCUT2D eigenvalue weighted by Gasteiger charge is -2.06. The molecule has 7 nitrogen and oxygen atoms in total. The van der Waals surface area contributed by atoms with Gasteiger partial charge in [-0.15, -0.1) is 11.3 Å². The van der Waals surface area contributed by atoms with E-state index in [1.165, 1.54) is 23.6 Å². The zero-order valence-electron chi connectivity index (χ0n) is 16.3. The van der Waals surface area contributed by atoms with Gasteiger partial charge in [0, 0.05) is 0 Å². The van der Waals surface area contributed by atoms with Crippen LogP contribution in [0.25, 0.3) is 10.6 Å². The molecule has 8 heteroatoms. The topological polar surface area (TPSA) is 96.4 Å². The molecule has 0 aliphatic rings. The minimum Gasteiger partial charge on any atom is -0.489 e. The van der Waals surface area contributed by atoms with Crippen LogP contribution in [0.2, 0.25) is 0 Å². The number of benzene rings is 2. The van der Waals surface area contributed by atoms with E-state index < -0.39 is 11.6 Å². The summed E-state index contributed by atoms with van der Waals surface area (Å²) in [5.74, 6) is 0.168. The van der Waals surface area contributed by atoms with E-state index >= 15 is 0 Å². The van der Waals surface area contributed by atoms with Crippen LogP contribution < -0.4 is 15.9 Å². The van der Waals surface area contributed by atoms with Gasteiger partial charge in [-0.2, -0.15) is 10.1 Å². The van der Waals surface area contributed by atoms with Crippen LogP contribution in [0.4, 0.5) is 0 Å². The Hall–Kier alpha value is -4.04. The highest BCUT2D eigenvalue weighted by atomic mass is 32.1. The monoisotopic (exact) mass is 430 g/mol. The van der Waals surface area contributed by atoms with Gasteiger partial charge >= 0.3 is 5.69 Å². The first-order chi connectivity index (χ1) is 15.2. The van der Waals surface area contributed by atoms with Crippen LogP contribution in [0.1, 0.15) is 21.6 Å². The molecule has 2 aromatic heterocycles. The lowest BCUT2D eigenvalue weighted by atomic mass is 10.2. The van der Waals surface area contributed by atoms with Crippen molar-refractivity contribution in [1.29, 1.82) is 0 Å². The van der Waals surface area contributed by atoms with E-state index in [4.69, 9.17) is 4.74 Å². The summed E-state index contributed by atoms with van der Waals surface area (Å²) in [5, 5.41) is 5.83. The van der Waals surface area contributed by atoms with Gasteiger partial charge in [-0.05, 0) is 52.9 Å². The molecule has 2 heterocycles. The number of amides is 1. The van der Waals surface area contributed by atoms with Crippen molar-refractivity contribution in [3.63, 3.8) is 0 Å². The zero-order valence-corrected chi connectivity index (χ0v) is 17.1. The molecular formula is C23H18N4O3S. The first kappa shape index (κ1) is 20.2. The molecule has 0 aliphatic heterocycles. The van der Waals surface area contributed by atoms with Crippen molar-refractivity contribution in [1.82, 2.24) is 15.4 Å². The predicted octanol–water partition coefficient (Wildman–Crippen LogP) is 3.84.